The number of piperidine rings is 1. The van der Waals surface area contributed by atoms with Crippen LogP contribution >= 0.6 is 12.4 Å². The van der Waals surface area contributed by atoms with Crippen LogP contribution in [-0.2, 0) is 10.2 Å². The minimum Gasteiger partial charge on any atom is -0.314 e. The van der Waals surface area contributed by atoms with Crippen molar-refractivity contribution in [2.45, 2.75) is 44.6 Å². The maximum absolute atomic E-state index is 12.5. The number of nitrogens with zero attached hydrogens (tertiary/aromatic N) is 2. The Morgan fingerprint density at radius 3 is 2.00 bits per heavy atom. The van der Waals surface area contributed by atoms with E-state index in [0.717, 1.165) is 32.2 Å². The molecule has 1 unspecified atom stereocenters. The summed E-state index contributed by atoms with van der Waals surface area (Å²) in [6, 6.07) is 0.636. The number of rotatable bonds is 3. The van der Waals surface area contributed by atoms with E-state index in [4.69, 9.17) is 0 Å². The first-order valence-corrected chi connectivity index (χ1v) is 9.06. The second kappa shape index (κ2) is 6.92. The molecule has 118 valence electrons. The fourth-order valence-electron chi connectivity index (χ4n) is 3.70. The summed E-state index contributed by atoms with van der Waals surface area (Å²) < 4.78 is 28.3. The molecule has 3 fully saturated rings. The van der Waals surface area contributed by atoms with Crippen molar-refractivity contribution >= 4 is 22.6 Å². The van der Waals surface area contributed by atoms with Crippen molar-refractivity contribution in [3.05, 3.63) is 0 Å². The summed E-state index contributed by atoms with van der Waals surface area (Å²) in [4.78, 5) is 0. The normalized spacial score (nSPS) is 30.5. The van der Waals surface area contributed by atoms with E-state index >= 15 is 0 Å². The van der Waals surface area contributed by atoms with Crippen molar-refractivity contribution in [2.24, 2.45) is 5.92 Å². The zero-order valence-corrected chi connectivity index (χ0v) is 13.6. The van der Waals surface area contributed by atoms with Gasteiger partial charge in [0, 0.05) is 32.2 Å². The van der Waals surface area contributed by atoms with Crippen molar-refractivity contribution in [1.82, 2.24) is 13.9 Å². The van der Waals surface area contributed by atoms with E-state index < -0.39 is 10.2 Å². The van der Waals surface area contributed by atoms with Crippen LogP contribution in [0.5, 0.6) is 0 Å². The molecule has 0 amide bonds. The third-order valence-electron chi connectivity index (χ3n) is 4.88. The Morgan fingerprint density at radius 2 is 1.45 bits per heavy atom. The van der Waals surface area contributed by atoms with Crippen molar-refractivity contribution in [3.63, 3.8) is 0 Å². The first-order valence-electron chi connectivity index (χ1n) is 7.66. The predicted octanol–water partition coefficient (Wildman–Crippen LogP) is 1.21. The zero-order chi connectivity index (χ0) is 13.3. The van der Waals surface area contributed by atoms with Crippen LogP contribution in [0.15, 0.2) is 0 Å². The van der Waals surface area contributed by atoms with Gasteiger partial charge in [-0.05, 0) is 51.0 Å². The van der Waals surface area contributed by atoms with Gasteiger partial charge >= 0.3 is 0 Å². The molecule has 3 rings (SSSR count). The second-order valence-electron chi connectivity index (χ2n) is 6.05. The first-order chi connectivity index (χ1) is 9.18. The summed E-state index contributed by atoms with van der Waals surface area (Å²) in [5, 5.41) is 3.56. The largest absolute Gasteiger partial charge is 0.314 e. The van der Waals surface area contributed by atoms with Gasteiger partial charge in [0.05, 0.1) is 0 Å². The summed E-state index contributed by atoms with van der Waals surface area (Å²) in [5.74, 6) is 0.674. The Balaban J connectivity index is 0.00000147. The Kier molecular flexibility index (Phi) is 5.71. The summed E-state index contributed by atoms with van der Waals surface area (Å²) >= 11 is 0. The first kappa shape index (κ1) is 16.5. The van der Waals surface area contributed by atoms with E-state index in [1.54, 1.807) is 8.61 Å². The molecule has 3 aliphatic rings. The molecule has 5 nitrogen and oxygen atoms in total. The summed E-state index contributed by atoms with van der Waals surface area (Å²) in [7, 11) is -3.16. The highest BCUT2D eigenvalue weighted by molar-refractivity contribution is 7.86. The molecule has 0 aromatic heterocycles. The molecule has 3 heterocycles. The molecule has 0 aromatic carbocycles. The van der Waals surface area contributed by atoms with E-state index in [9.17, 15) is 8.42 Å². The van der Waals surface area contributed by atoms with E-state index in [1.807, 2.05) is 0 Å². The van der Waals surface area contributed by atoms with Crippen molar-refractivity contribution in [1.29, 1.82) is 0 Å². The standard InChI is InChI=1S/C13H25N3O2S.ClH/c17-19(18,15-8-1-2-9-15)16-10-5-12(6-11-16)13-4-3-7-14-13;/h12-14H,1-11H2;1H. The molecular formula is C13H26ClN3O2S. The van der Waals surface area contributed by atoms with Crippen molar-refractivity contribution in [2.75, 3.05) is 32.7 Å². The lowest BCUT2D eigenvalue weighted by Gasteiger charge is -2.35. The van der Waals surface area contributed by atoms with E-state index in [2.05, 4.69) is 5.32 Å². The van der Waals surface area contributed by atoms with Crippen LogP contribution in [0.25, 0.3) is 0 Å². The third-order valence-corrected chi connectivity index (χ3v) is 6.92. The van der Waals surface area contributed by atoms with Gasteiger partial charge in [-0.2, -0.15) is 17.0 Å². The maximum Gasteiger partial charge on any atom is 0.281 e. The number of hydrogen-bond donors (Lipinski definition) is 1. The zero-order valence-electron chi connectivity index (χ0n) is 12.0. The van der Waals surface area contributed by atoms with Crippen LogP contribution in [0.3, 0.4) is 0 Å². The highest BCUT2D eigenvalue weighted by Gasteiger charge is 2.36. The maximum atomic E-state index is 12.5. The van der Waals surface area contributed by atoms with Crippen LogP contribution in [-0.4, -0.2) is 55.8 Å². The molecule has 0 aromatic rings. The molecule has 20 heavy (non-hydrogen) atoms. The van der Waals surface area contributed by atoms with E-state index in [0.29, 0.717) is 38.1 Å². The van der Waals surface area contributed by atoms with E-state index in [1.165, 1.54) is 12.8 Å². The quantitative estimate of drug-likeness (QED) is 0.849. The van der Waals surface area contributed by atoms with Crippen LogP contribution < -0.4 is 5.32 Å². The van der Waals surface area contributed by atoms with Crippen molar-refractivity contribution in [3.8, 4) is 0 Å². The second-order valence-corrected chi connectivity index (χ2v) is 7.98. The molecule has 7 heteroatoms. The smallest absolute Gasteiger partial charge is 0.281 e. The number of halogens is 1. The lowest BCUT2D eigenvalue weighted by Crippen LogP contribution is -2.48. The van der Waals surface area contributed by atoms with Crippen molar-refractivity contribution < 1.29 is 8.42 Å². The molecular weight excluding hydrogens is 298 g/mol. The van der Waals surface area contributed by atoms with Gasteiger partial charge in [-0.25, -0.2) is 0 Å². The monoisotopic (exact) mass is 323 g/mol. The van der Waals surface area contributed by atoms with Crippen LogP contribution in [0.1, 0.15) is 38.5 Å². The van der Waals surface area contributed by atoms with Gasteiger partial charge in [0.25, 0.3) is 10.2 Å². The summed E-state index contributed by atoms with van der Waals surface area (Å²) in [6.07, 6.45) is 6.61. The van der Waals surface area contributed by atoms with Gasteiger partial charge in [-0.1, -0.05) is 0 Å². The third kappa shape index (κ3) is 3.30. The fourth-order valence-corrected chi connectivity index (χ4v) is 5.42. The highest BCUT2D eigenvalue weighted by atomic mass is 35.5. The van der Waals surface area contributed by atoms with Gasteiger partial charge in [0.15, 0.2) is 0 Å². The van der Waals surface area contributed by atoms with Gasteiger partial charge in [-0.15, -0.1) is 12.4 Å². The molecule has 0 spiro atoms. The lowest BCUT2D eigenvalue weighted by molar-refractivity contribution is 0.225. The molecule has 0 aliphatic carbocycles. The Hall–Kier alpha value is 0.120. The van der Waals surface area contributed by atoms with E-state index in [-0.39, 0.29) is 12.4 Å². The molecule has 3 aliphatic heterocycles. The number of nitrogens with one attached hydrogen (secondary N) is 1. The average molecular weight is 324 g/mol. The molecule has 0 bridgehead atoms. The van der Waals surface area contributed by atoms with Crippen LogP contribution in [0.2, 0.25) is 0 Å². The summed E-state index contributed by atoms with van der Waals surface area (Å²) in [6.45, 7) is 3.99. The minimum absolute atomic E-state index is 0. The molecule has 0 saturated carbocycles. The molecule has 3 saturated heterocycles. The van der Waals surface area contributed by atoms with Gasteiger partial charge in [0.2, 0.25) is 0 Å². The fraction of sp³-hybridized carbons (Fsp3) is 1.00. The van der Waals surface area contributed by atoms with Gasteiger partial charge < -0.3 is 5.32 Å². The van der Waals surface area contributed by atoms with Crippen LogP contribution in [0, 0.1) is 5.92 Å². The SMILES string of the molecule is Cl.O=S(=O)(N1CCCC1)N1CCC(C2CCCN2)CC1. The molecule has 1 atom stereocenters. The lowest BCUT2D eigenvalue weighted by atomic mass is 9.89. The number of hydrogen-bond acceptors (Lipinski definition) is 3. The Labute approximate surface area is 128 Å². The van der Waals surface area contributed by atoms with Gasteiger partial charge in [-0.3, -0.25) is 0 Å². The summed E-state index contributed by atoms with van der Waals surface area (Å²) in [5.41, 5.74) is 0. The molecule has 0 radical (unpaired) electrons. The Bertz CT molecular complexity index is 398. The molecule has 1 N–H and O–H groups in total. The topological polar surface area (TPSA) is 52.7 Å². The highest BCUT2D eigenvalue weighted by Crippen LogP contribution is 2.28. The van der Waals surface area contributed by atoms with Gasteiger partial charge in [0.1, 0.15) is 0 Å². The minimum atomic E-state index is -3.16. The Morgan fingerprint density at radius 1 is 0.850 bits per heavy atom. The average Bonchev–Trinajstić information content (AvgIpc) is 3.12. The predicted molar refractivity (Wildman–Crippen MR) is 82.3 cm³/mol. The van der Waals surface area contributed by atoms with Crippen LogP contribution in [0.4, 0.5) is 0 Å².